The average Bonchev–Trinajstić information content (AvgIpc) is 3.47. The van der Waals surface area contributed by atoms with Gasteiger partial charge in [0.1, 0.15) is 16.9 Å². The number of carboxylic acid groups (broad SMARTS) is 2. The van der Waals surface area contributed by atoms with Gasteiger partial charge in [0.05, 0.1) is 16.6 Å². The number of hydrogen-bond acceptors (Lipinski definition) is 5. The van der Waals surface area contributed by atoms with Crippen molar-refractivity contribution in [2.75, 3.05) is 6.54 Å². The lowest BCUT2D eigenvalue weighted by Crippen LogP contribution is -2.46. The Kier molecular flexibility index (Phi) is 6.98. The molecule has 0 atom stereocenters. The van der Waals surface area contributed by atoms with E-state index in [1.807, 2.05) is 18.2 Å². The standard InChI is InChI=1S/C28H28BrNO7/c29-24-21-13-18(9-10-22(21)36-25(24)19-5-1-2-6-20(19)26(32)33)15-30(23(31)14-17-7-8-17)16-28(37-27(34)35)11-3-4-12-28/h1-2,5-6,9-10,13,17H,3-4,7-8,11-12,14-16H2,(H,32,33)(H,34,35). The summed E-state index contributed by atoms with van der Waals surface area (Å²) in [5, 5.41) is 19.7. The first-order valence-corrected chi connectivity index (χ1v) is 13.3. The van der Waals surface area contributed by atoms with Gasteiger partial charge in [0, 0.05) is 23.9 Å². The maximum absolute atomic E-state index is 13.3. The highest BCUT2D eigenvalue weighted by Gasteiger charge is 2.41. The molecule has 37 heavy (non-hydrogen) atoms. The van der Waals surface area contributed by atoms with Crippen LogP contribution in [0, 0.1) is 5.92 Å². The molecule has 0 aliphatic heterocycles. The van der Waals surface area contributed by atoms with Crippen molar-refractivity contribution < 1.29 is 33.8 Å². The number of carbonyl (C=O) groups is 3. The van der Waals surface area contributed by atoms with Crippen LogP contribution in [0.4, 0.5) is 4.79 Å². The molecule has 2 aliphatic carbocycles. The number of fused-ring (bicyclic) bond motifs is 1. The Labute approximate surface area is 222 Å². The first-order valence-electron chi connectivity index (χ1n) is 12.5. The van der Waals surface area contributed by atoms with E-state index in [0.29, 0.717) is 53.1 Å². The Balaban J connectivity index is 1.46. The van der Waals surface area contributed by atoms with Crippen LogP contribution in [0.1, 0.15) is 60.9 Å². The first-order chi connectivity index (χ1) is 17.7. The lowest BCUT2D eigenvalue weighted by molar-refractivity contribution is -0.136. The molecule has 0 radical (unpaired) electrons. The molecule has 2 aromatic carbocycles. The second-order valence-electron chi connectivity index (χ2n) is 10.1. The molecular formula is C28H28BrNO7. The van der Waals surface area contributed by atoms with Crippen LogP contribution in [-0.2, 0) is 16.1 Å². The lowest BCUT2D eigenvalue weighted by Gasteiger charge is -2.34. The number of aromatic carboxylic acids is 1. The zero-order valence-electron chi connectivity index (χ0n) is 20.2. The number of hydrogen-bond donors (Lipinski definition) is 2. The van der Waals surface area contributed by atoms with Gasteiger partial charge in [-0.05, 0) is 84.1 Å². The van der Waals surface area contributed by atoms with Crippen LogP contribution < -0.4 is 0 Å². The number of nitrogens with zero attached hydrogens (tertiary/aromatic N) is 1. The number of furan rings is 1. The summed E-state index contributed by atoms with van der Waals surface area (Å²) < 4.78 is 12.0. The predicted octanol–water partition coefficient (Wildman–Crippen LogP) is 6.70. The van der Waals surface area contributed by atoms with Gasteiger partial charge in [0.15, 0.2) is 0 Å². The summed E-state index contributed by atoms with van der Waals surface area (Å²) in [7, 11) is 0. The molecule has 0 unspecified atom stereocenters. The maximum Gasteiger partial charge on any atom is 0.506 e. The van der Waals surface area contributed by atoms with E-state index in [2.05, 4.69) is 15.9 Å². The van der Waals surface area contributed by atoms with Crippen molar-refractivity contribution in [3.05, 3.63) is 58.1 Å². The number of ether oxygens (including phenoxy) is 1. The highest BCUT2D eigenvalue weighted by Crippen LogP contribution is 2.40. The van der Waals surface area contributed by atoms with E-state index in [4.69, 9.17) is 9.15 Å². The normalized spacial score (nSPS) is 16.6. The molecule has 0 spiro atoms. The van der Waals surface area contributed by atoms with Crippen LogP contribution in [0.2, 0.25) is 0 Å². The van der Waals surface area contributed by atoms with Gasteiger partial charge in [-0.2, -0.15) is 0 Å². The lowest BCUT2D eigenvalue weighted by atomic mass is 10.00. The van der Waals surface area contributed by atoms with E-state index >= 15 is 0 Å². The largest absolute Gasteiger partial charge is 0.506 e. The van der Waals surface area contributed by atoms with E-state index in [9.17, 15) is 24.6 Å². The zero-order valence-corrected chi connectivity index (χ0v) is 21.8. The van der Waals surface area contributed by atoms with Crippen LogP contribution in [0.25, 0.3) is 22.3 Å². The Morgan fingerprint density at radius 3 is 2.49 bits per heavy atom. The van der Waals surface area contributed by atoms with Crippen LogP contribution in [-0.4, -0.2) is 45.3 Å². The van der Waals surface area contributed by atoms with Gasteiger partial charge < -0.3 is 24.3 Å². The molecule has 2 aliphatic rings. The molecule has 1 aromatic heterocycles. The van der Waals surface area contributed by atoms with Gasteiger partial charge in [-0.3, -0.25) is 4.79 Å². The molecule has 0 bridgehead atoms. The number of rotatable bonds is 9. The van der Waals surface area contributed by atoms with Crippen LogP contribution in [0.3, 0.4) is 0 Å². The van der Waals surface area contributed by atoms with Gasteiger partial charge >= 0.3 is 12.1 Å². The van der Waals surface area contributed by atoms with Crippen molar-refractivity contribution in [1.82, 2.24) is 4.90 Å². The summed E-state index contributed by atoms with van der Waals surface area (Å²) in [5.41, 5.74) is 1.18. The minimum Gasteiger partial charge on any atom is -0.478 e. The smallest absolute Gasteiger partial charge is 0.478 e. The Morgan fingerprint density at radius 1 is 1.08 bits per heavy atom. The van der Waals surface area contributed by atoms with Crippen LogP contribution in [0.15, 0.2) is 51.4 Å². The number of carboxylic acids is 1. The molecule has 1 heterocycles. The SMILES string of the molecule is O=C(O)OC1(CN(Cc2ccc3oc(-c4ccccc4C(=O)O)c(Br)c3c2)C(=O)CC2CC2)CCCC1. The first kappa shape index (κ1) is 25.3. The number of amides is 1. The molecule has 0 saturated heterocycles. The third-order valence-corrected chi connectivity index (χ3v) is 8.07. The molecular weight excluding hydrogens is 542 g/mol. The fourth-order valence-electron chi connectivity index (χ4n) is 5.25. The Bertz CT molecular complexity index is 1350. The summed E-state index contributed by atoms with van der Waals surface area (Å²) in [4.78, 5) is 38.2. The third-order valence-electron chi connectivity index (χ3n) is 7.28. The fourth-order valence-corrected chi connectivity index (χ4v) is 5.85. The second-order valence-corrected chi connectivity index (χ2v) is 10.9. The second kappa shape index (κ2) is 10.2. The van der Waals surface area contributed by atoms with Gasteiger partial charge in [0.2, 0.25) is 5.91 Å². The van der Waals surface area contributed by atoms with Crippen LogP contribution in [0.5, 0.6) is 0 Å². The van der Waals surface area contributed by atoms with Gasteiger partial charge in [0.25, 0.3) is 0 Å². The van der Waals surface area contributed by atoms with Crippen molar-refractivity contribution >= 4 is 44.9 Å². The Morgan fingerprint density at radius 2 is 1.81 bits per heavy atom. The summed E-state index contributed by atoms with van der Waals surface area (Å²) in [5.74, 6) is -0.216. The number of carbonyl (C=O) groups excluding carboxylic acids is 1. The molecule has 2 N–H and O–H groups in total. The van der Waals surface area contributed by atoms with Crippen molar-refractivity contribution in [3.8, 4) is 11.3 Å². The number of halogens is 1. The molecule has 3 aromatic rings. The van der Waals surface area contributed by atoms with E-state index < -0.39 is 17.7 Å². The van der Waals surface area contributed by atoms with E-state index in [0.717, 1.165) is 36.6 Å². The topological polar surface area (TPSA) is 117 Å². The fraction of sp³-hybridized carbons (Fsp3) is 0.393. The maximum atomic E-state index is 13.3. The molecule has 1 amide bonds. The number of benzene rings is 2. The highest BCUT2D eigenvalue weighted by atomic mass is 79.9. The minimum atomic E-state index is -1.31. The van der Waals surface area contributed by atoms with Crippen LogP contribution >= 0.6 is 15.9 Å². The zero-order chi connectivity index (χ0) is 26.2. The van der Waals surface area contributed by atoms with E-state index in [-0.39, 0.29) is 18.0 Å². The molecule has 5 rings (SSSR count). The quantitative estimate of drug-likeness (QED) is 0.275. The highest BCUT2D eigenvalue weighted by molar-refractivity contribution is 9.10. The Hall–Kier alpha value is -3.33. The van der Waals surface area contributed by atoms with E-state index in [1.165, 1.54) is 6.07 Å². The van der Waals surface area contributed by atoms with Crippen molar-refractivity contribution in [2.45, 2.75) is 57.1 Å². The van der Waals surface area contributed by atoms with Gasteiger partial charge in [-0.25, -0.2) is 9.59 Å². The molecule has 2 saturated carbocycles. The average molecular weight is 570 g/mol. The molecule has 9 heteroatoms. The van der Waals surface area contributed by atoms with Crippen molar-refractivity contribution in [3.63, 3.8) is 0 Å². The monoisotopic (exact) mass is 569 g/mol. The summed E-state index contributed by atoms with van der Waals surface area (Å²) in [6, 6.07) is 12.3. The minimum absolute atomic E-state index is 0.00481. The summed E-state index contributed by atoms with van der Waals surface area (Å²) in [6.07, 6.45) is 4.18. The molecule has 2 fully saturated rings. The third kappa shape index (κ3) is 5.51. The van der Waals surface area contributed by atoms with E-state index in [1.54, 1.807) is 23.1 Å². The predicted molar refractivity (Wildman–Crippen MR) is 139 cm³/mol. The van der Waals surface area contributed by atoms with Gasteiger partial charge in [-0.1, -0.05) is 24.3 Å². The summed E-state index contributed by atoms with van der Waals surface area (Å²) in [6.45, 7) is 0.539. The van der Waals surface area contributed by atoms with Crippen molar-refractivity contribution in [2.24, 2.45) is 5.92 Å². The molecule has 8 nitrogen and oxygen atoms in total. The van der Waals surface area contributed by atoms with Crippen molar-refractivity contribution in [1.29, 1.82) is 0 Å². The van der Waals surface area contributed by atoms with Gasteiger partial charge in [-0.15, -0.1) is 0 Å². The molecule has 194 valence electrons. The summed E-state index contributed by atoms with van der Waals surface area (Å²) >= 11 is 3.60.